The molecular weight excluding hydrogens is 204 g/mol. The summed E-state index contributed by atoms with van der Waals surface area (Å²) in [6.07, 6.45) is 3.80. The molecule has 1 aliphatic carbocycles. The molecule has 1 fully saturated rings. The van der Waals surface area contributed by atoms with Crippen LogP contribution in [0.1, 0.15) is 43.3 Å². The molecule has 0 unspecified atom stereocenters. The van der Waals surface area contributed by atoms with Crippen LogP contribution in [0.25, 0.3) is 0 Å². The maximum absolute atomic E-state index is 11.8. The minimum Gasteiger partial charge on any atom is -0.370 e. The van der Waals surface area contributed by atoms with Crippen LogP contribution in [0.3, 0.4) is 0 Å². The van der Waals surface area contributed by atoms with Gasteiger partial charge in [0.15, 0.2) is 0 Å². The van der Waals surface area contributed by atoms with E-state index in [-0.39, 0.29) is 11.2 Å². The topological polar surface area (TPSA) is 55.0 Å². The van der Waals surface area contributed by atoms with Gasteiger partial charge in [0.05, 0.1) is 5.69 Å². The Kier molecular flexibility index (Phi) is 2.84. The molecule has 0 radical (unpaired) electrons. The second kappa shape index (κ2) is 4.01. The Hall–Kier alpha value is -1.16. The molecule has 0 spiro atoms. The third kappa shape index (κ3) is 1.57. The van der Waals surface area contributed by atoms with Crippen LogP contribution in [0, 0.1) is 6.92 Å². The summed E-state index contributed by atoms with van der Waals surface area (Å²) in [5.41, 5.74) is 1.22. The molecule has 0 aromatic carbocycles. The van der Waals surface area contributed by atoms with E-state index in [1.54, 1.807) is 7.11 Å². The van der Waals surface area contributed by atoms with Gasteiger partial charge in [-0.1, -0.05) is 6.92 Å². The van der Waals surface area contributed by atoms with Crippen molar-refractivity contribution in [1.82, 2.24) is 9.97 Å². The Morgan fingerprint density at radius 3 is 2.62 bits per heavy atom. The summed E-state index contributed by atoms with van der Waals surface area (Å²) in [6, 6.07) is 0. The lowest BCUT2D eigenvalue weighted by Gasteiger charge is -2.39. The zero-order valence-corrected chi connectivity index (χ0v) is 10.1. The first kappa shape index (κ1) is 11.3. The minimum absolute atomic E-state index is 0.0369. The van der Waals surface area contributed by atoms with Gasteiger partial charge < -0.3 is 9.72 Å². The second-order valence-corrected chi connectivity index (χ2v) is 4.39. The van der Waals surface area contributed by atoms with Gasteiger partial charge in [0.25, 0.3) is 5.56 Å². The maximum Gasteiger partial charge on any atom is 0.254 e. The highest BCUT2D eigenvalue weighted by Crippen LogP contribution is 2.42. The van der Waals surface area contributed by atoms with E-state index in [1.165, 1.54) is 0 Å². The molecule has 0 bridgehead atoms. The van der Waals surface area contributed by atoms with Gasteiger partial charge in [-0.15, -0.1) is 0 Å². The van der Waals surface area contributed by atoms with Crippen LogP contribution in [0.5, 0.6) is 0 Å². The molecule has 2 rings (SSSR count). The molecule has 4 heteroatoms. The molecule has 1 aromatic heterocycles. The number of nitrogens with one attached hydrogen (secondary N) is 1. The van der Waals surface area contributed by atoms with Crippen LogP contribution in [-0.2, 0) is 16.8 Å². The van der Waals surface area contributed by atoms with Crippen LogP contribution in [0.4, 0.5) is 0 Å². The van der Waals surface area contributed by atoms with Gasteiger partial charge in [-0.3, -0.25) is 4.79 Å². The van der Waals surface area contributed by atoms with E-state index in [4.69, 9.17) is 4.74 Å². The van der Waals surface area contributed by atoms with Crippen molar-refractivity contribution in [3.05, 3.63) is 27.4 Å². The van der Waals surface area contributed by atoms with Crippen molar-refractivity contribution in [3.63, 3.8) is 0 Å². The summed E-state index contributed by atoms with van der Waals surface area (Å²) in [5, 5.41) is 0. The normalized spacial score (nSPS) is 18.2. The average molecular weight is 222 g/mol. The molecule has 1 saturated carbocycles. The Morgan fingerprint density at radius 1 is 1.50 bits per heavy atom. The fraction of sp³-hybridized carbons (Fsp3) is 0.667. The van der Waals surface area contributed by atoms with Gasteiger partial charge in [-0.2, -0.15) is 0 Å². The first-order valence-corrected chi connectivity index (χ1v) is 5.78. The van der Waals surface area contributed by atoms with Crippen molar-refractivity contribution in [2.24, 2.45) is 0 Å². The first-order valence-electron chi connectivity index (χ1n) is 5.78. The SMILES string of the molecule is CCc1nc(C2(OC)CCC2)[nH]c(=O)c1C. The number of aryl methyl sites for hydroxylation is 1. The Bertz CT molecular complexity index is 441. The van der Waals surface area contributed by atoms with E-state index in [9.17, 15) is 4.79 Å². The van der Waals surface area contributed by atoms with Crippen molar-refractivity contribution in [2.75, 3.05) is 7.11 Å². The molecule has 0 amide bonds. The van der Waals surface area contributed by atoms with Crippen molar-refractivity contribution in [3.8, 4) is 0 Å². The molecule has 1 heterocycles. The number of methoxy groups -OCH3 is 1. The third-order valence-electron chi connectivity index (χ3n) is 3.57. The highest BCUT2D eigenvalue weighted by atomic mass is 16.5. The summed E-state index contributed by atoms with van der Waals surface area (Å²) >= 11 is 0. The van der Waals surface area contributed by atoms with Gasteiger partial charge in [0.1, 0.15) is 11.4 Å². The summed E-state index contributed by atoms with van der Waals surface area (Å²) in [7, 11) is 1.69. The lowest BCUT2D eigenvalue weighted by atomic mass is 9.79. The van der Waals surface area contributed by atoms with E-state index in [0.29, 0.717) is 5.82 Å². The third-order valence-corrected chi connectivity index (χ3v) is 3.57. The highest BCUT2D eigenvalue weighted by molar-refractivity contribution is 5.19. The van der Waals surface area contributed by atoms with Crippen molar-refractivity contribution >= 4 is 0 Å². The summed E-state index contributed by atoms with van der Waals surface area (Å²) in [5.74, 6) is 0.703. The van der Waals surface area contributed by atoms with E-state index in [2.05, 4.69) is 9.97 Å². The number of aromatic amines is 1. The highest BCUT2D eigenvalue weighted by Gasteiger charge is 2.41. The van der Waals surface area contributed by atoms with E-state index >= 15 is 0 Å². The average Bonchev–Trinajstić information content (AvgIpc) is 2.22. The van der Waals surface area contributed by atoms with Crippen molar-refractivity contribution < 1.29 is 4.74 Å². The number of rotatable bonds is 3. The van der Waals surface area contributed by atoms with E-state index in [1.807, 2.05) is 13.8 Å². The lowest BCUT2D eigenvalue weighted by Crippen LogP contribution is -2.40. The van der Waals surface area contributed by atoms with Gasteiger partial charge in [0.2, 0.25) is 0 Å². The van der Waals surface area contributed by atoms with Crippen LogP contribution >= 0.6 is 0 Å². The molecule has 0 saturated heterocycles. The molecule has 1 N–H and O–H groups in total. The quantitative estimate of drug-likeness (QED) is 0.846. The molecule has 1 aliphatic rings. The summed E-state index contributed by atoms with van der Waals surface area (Å²) in [4.78, 5) is 19.2. The van der Waals surface area contributed by atoms with Gasteiger partial charge in [-0.05, 0) is 32.6 Å². The fourth-order valence-electron chi connectivity index (χ4n) is 2.17. The number of hydrogen-bond acceptors (Lipinski definition) is 3. The van der Waals surface area contributed by atoms with Gasteiger partial charge in [-0.25, -0.2) is 4.98 Å². The van der Waals surface area contributed by atoms with Crippen LogP contribution in [0.2, 0.25) is 0 Å². The maximum atomic E-state index is 11.8. The van der Waals surface area contributed by atoms with Crippen molar-refractivity contribution in [1.29, 1.82) is 0 Å². The zero-order chi connectivity index (χ0) is 11.8. The Balaban J connectivity index is 2.50. The lowest BCUT2D eigenvalue weighted by molar-refractivity contribution is -0.0849. The molecule has 88 valence electrons. The smallest absolute Gasteiger partial charge is 0.254 e. The number of H-pyrrole nitrogens is 1. The number of nitrogens with zero attached hydrogens (tertiary/aromatic N) is 1. The predicted molar refractivity (Wildman–Crippen MR) is 61.5 cm³/mol. The largest absolute Gasteiger partial charge is 0.370 e. The van der Waals surface area contributed by atoms with Crippen LogP contribution < -0.4 is 5.56 Å². The first-order chi connectivity index (χ1) is 7.63. The summed E-state index contributed by atoms with van der Waals surface area (Å²) < 4.78 is 5.52. The number of aromatic nitrogens is 2. The fourth-order valence-corrected chi connectivity index (χ4v) is 2.17. The van der Waals surface area contributed by atoms with E-state index in [0.717, 1.165) is 36.9 Å². The minimum atomic E-state index is -0.337. The van der Waals surface area contributed by atoms with Crippen LogP contribution in [0.15, 0.2) is 4.79 Å². The Morgan fingerprint density at radius 2 is 2.19 bits per heavy atom. The monoisotopic (exact) mass is 222 g/mol. The molecule has 0 atom stereocenters. The van der Waals surface area contributed by atoms with Crippen LogP contribution in [-0.4, -0.2) is 17.1 Å². The van der Waals surface area contributed by atoms with E-state index < -0.39 is 0 Å². The molecule has 1 aromatic rings. The van der Waals surface area contributed by atoms with Crippen molar-refractivity contribution in [2.45, 2.75) is 45.1 Å². The molecular formula is C12H18N2O2. The van der Waals surface area contributed by atoms with Gasteiger partial charge in [0, 0.05) is 12.7 Å². The standard InChI is InChI=1S/C12H18N2O2/c1-4-9-8(2)10(15)14-11(13-9)12(16-3)6-5-7-12/h4-7H2,1-3H3,(H,13,14,15). The molecule has 0 aliphatic heterocycles. The number of hydrogen-bond donors (Lipinski definition) is 1. The Labute approximate surface area is 95.1 Å². The summed E-state index contributed by atoms with van der Waals surface area (Å²) in [6.45, 7) is 3.83. The predicted octanol–water partition coefficient (Wildman–Crippen LogP) is 1.67. The number of ether oxygens (including phenoxy) is 1. The zero-order valence-electron chi connectivity index (χ0n) is 10.1. The van der Waals surface area contributed by atoms with Gasteiger partial charge >= 0.3 is 0 Å². The molecule has 16 heavy (non-hydrogen) atoms. The molecule has 4 nitrogen and oxygen atoms in total. The second-order valence-electron chi connectivity index (χ2n) is 4.39.